The highest BCUT2D eigenvalue weighted by Gasteiger charge is 2.12. The van der Waals surface area contributed by atoms with Crippen LogP contribution in [0.15, 0.2) is 12.4 Å². The highest BCUT2D eigenvalue weighted by molar-refractivity contribution is 7.08. The Labute approximate surface area is 100 Å². The van der Waals surface area contributed by atoms with Crippen LogP contribution in [0.25, 0.3) is 5.13 Å². The fraction of sp³-hybridized carbons (Fsp3) is 0.375. The summed E-state index contributed by atoms with van der Waals surface area (Å²) in [7, 11) is 1.60. The zero-order chi connectivity index (χ0) is 12.3. The van der Waals surface area contributed by atoms with Crippen molar-refractivity contribution in [2.24, 2.45) is 0 Å². The van der Waals surface area contributed by atoms with E-state index in [4.69, 9.17) is 4.74 Å². The van der Waals surface area contributed by atoms with Crippen molar-refractivity contribution in [3.05, 3.63) is 28.3 Å². The van der Waals surface area contributed by atoms with E-state index in [1.807, 2.05) is 0 Å². The van der Waals surface area contributed by atoms with Gasteiger partial charge < -0.3 is 4.74 Å². The van der Waals surface area contributed by atoms with Crippen molar-refractivity contribution in [3.63, 3.8) is 0 Å². The minimum atomic E-state index is -0.504. The maximum absolute atomic E-state index is 10.5. The van der Waals surface area contributed by atoms with Gasteiger partial charge in [0, 0.05) is 25.1 Å². The average molecular weight is 255 g/mol. The summed E-state index contributed by atoms with van der Waals surface area (Å²) in [5.41, 5.74) is -0.0707. The van der Waals surface area contributed by atoms with Crippen molar-refractivity contribution in [3.8, 4) is 5.13 Å². The van der Waals surface area contributed by atoms with Crippen molar-refractivity contribution in [1.82, 2.24) is 19.1 Å². The van der Waals surface area contributed by atoms with Gasteiger partial charge in [0.05, 0.1) is 11.5 Å². The summed E-state index contributed by atoms with van der Waals surface area (Å²) in [6, 6.07) is 0. The van der Waals surface area contributed by atoms with Gasteiger partial charge >= 0.3 is 5.69 Å². The van der Waals surface area contributed by atoms with Gasteiger partial charge in [0.2, 0.25) is 5.13 Å². The first kappa shape index (κ1) is 11.6. The molecule has 0 amide bonds. The van der Waals surface area contributed by atoms with Gasteiger partial charge in [0.1, 0.15) is 18.2 Å². The molecule has 0 fully saturated rings. The molecule has 2 aromatic rings. The summed E-state index contributed by atoms with van der Waals surface area (Å²) in [5, 5.41) is 14.9. The van der Waals surface area contributed by atoms with E-state index >= 15 is 0 Å². The highest BCUT2D eigenvalue weighted by atomic mass is 32.1. The molecule has 0 spiro atoms. The molecule has 0 saturated carbocycles. The first-order chi connectivity index (χ1) is 8.20. The Balaban J connectivity index is 2.15. The van der Waals surface area contributed by atoms with E-state index in [2.05, 4.69) is 14.5 Å². The van der Waals surface area contributed by atoms with Crippen LogP contribution < -0.4 is 0 Å². The Bertz CT molecular complexity index is 523. The third-order valence-electron chi connectivity index (χ3n) is 1.96. The number of aromatic nitrogens is 4. The van der Waals surface area contributed by atoms with Crippen LogP contribution in [0.3, 0.4) is 0 Å². The third kappa shape index (κ3) is 2.63. The van der Waals surface area contributed by atoms with Gasteiger partial charge in [-0.1, -0.05) is 0 Å². The number of nitrogens with zero attached hydrogens (tertiary/aromatic N) is 5. The molecule has 0 aliphatic heterocycles. The van der Waals surface area contributed by atoms with E-state index in [-0.39, 0.29) is 5.69 Å². The van der Waals surface area contributed by atoms with Crippen LogP contribution in [0.5, 0.6) is 0 Å². The number of methoxy groups -OCH3 is 1. The lowest BCUT2D eigenvalue weighted by Gasteiger charge is -1.92. The standard InChI is InChI=1S/C8H9N5O3S/c1-16-3-2-7-10-8(17-11-7)12-5-6(4-9-12)13(14)15/h4-5H,2-3H2,1H3. The van der Waals surface area contributed by atoms with Gasteiger partial charge in [-0.3, -0.25) is 10.1 Å². The molecule has 0 aliphatic carbocycles. The molecule has 9 heteroatoms. The number of hydrogen-bond acceptors (Lipinski definition) is 7. The Morgan fingerprint density at radius 3 is 3.12 bits per heavy atom. The van der Waals surface area contributed by atoms with Crippen LogP contribution >= 0.6 is 11.5 Å². The molecule has 2 rings (SSSR count). The van der Waals surface area contributed by atoms with Gasteiger partial charge in [-0.25, -0.2) is 9.67 Å². The Hall–Kier alpha value is -1.87. The van der Waals surface area contributed by atoms with Gasteiger partial charge in [-0.05, 0) is 0 Å². The van der Waals surface area contributed by atoms with E-state index in [0.717, 1.165) is 11.5 Å². The molecule has 2 heterocycles. The Kier molecular flexibility index (Phi) is 3.40. The fourth-order valence-electron chi connectivity index (χ4n) is 1.14. The number of rotatable bonds is 5. The summed E-state index contributed by atoms with van der Waals surface area (Å²) >= 11 is 1.14. The summed E-state index contributed by atoms with van der Waals surface area (Å²) in [4.78, 5) is 14.2. The van der Waals surface area contributed by atoms with Gasteiger partial charge in [-0.2, -0.15) is 9.47 Å². The maximum atomic E-state index is 10.5. The molecule has 90 valence electrons. The minimum Gasteiger partial charge on any atom is -0.384 e. The minimum absolute atomic E-state index is 0.0707. The predicted molar refractivity (Wildman–Crippen MR) is 59.3 cm³/mol. The SMILES string of the molecule is COCCc1nsc(-n2cc([N+](=O)[O-])cn2)n1. The average Bonchev–Trinajstić information content (AvgIpc) is 2.94. The van der Waals surface area contributed by atoms with E-state index < -0.39 is 4.92 Å². The molecule has 0 bridgehead atoms. The molecule has 0 unspecified atom stereocenters. The van der Waals surface area contributed by atoms with Crippen molar-refractivity contribution in [2.75, 3.05) is 13.7 Å². The van der Waals surface area contributed by atoms with Crippen molar-refractivity contribution < 1.29 is 9.66 Å². The summed E-state index contributed by atoms with van der Waals surface area (Å²) in [6.07, 6.45) is 3.09. The second kappa shape index (κ2) is 4.97. The molecule has 0 aromatic carbocycles. The summed E-state index contributed by atoms with van der Waals surface area (Å²) in [6.45, 7) is 0.537. The smallest absolute Gasteiger partial charge is 0.307 e. The highest BCUT2D eigenvalue weighted by Crippen LogP contribution is 2.15. The monoisotopic (exact) mass is 255 g/mol. The Morgan fingerprint density at radius 2 is 2.47 bits per heavy atom. The second-order valence-corrected chi connectivity index (χ2v) is 3.87. The topological polar surface area (TPSA) is 96.0 Å². The summed E-state index contributed by atoms with van der Waals surface area (Å²) in [5.74, 6) is 0.644. The van der Waals surface area contributed by atoms with Crippen molar-refractivity contribution in [2.45, 2.75) is 6.42 Å². The largest absolute Gasteiger partial charge is 0.384 e. The zero-order valence-corrected chi connectivity index (χ0v) is 9.75. The van der Waals surface area contributed by atoms with E-state index in [9.17, 15) is 10.1 Å². The van der Waals surface area contributed by atoms with E-state index in [0.29, 0.717) is 24.0 Å². The predicted octanol–water partition coefficient (Wildman–Crippen LogP) is 0.821. The van der Waals surface area contributed by atoms with Crippen LogP contribution in [0.2, 0.25) is 0 Å². The first-order valence-electron chi connectivity index (χ1n) is 4.71. The van der Waals surface area contributed by atoms with Crippen LogP contribution in [-0.4, -0.2) is 37.8 Å². The maximum Gasteiger partial charge on any atom is 0.307 e. The van der Waals surface area contributed by atoms with Crippen molar-refractivity contribution >= 4 is 17.2 Å². The van der Waals surface area contributed by atoms with E-state index in [1.165, 1.54) is 17.1 Å². The van der Waals surface area contributed by atoms with Crippen LogP contribution in [0.4, 0.5) is 5.69 Å². The lowest BCUT2D eigenvalue weighted by Crippen LogP contribution is -1.98. The fourth-order valence-corrected chi connectivity index (χ4v) is 1.79. The van der Waals surface area contributed by atoms with Crippen LogP contribution in [-0.2, 0) is 11.2 Å². The summed E-state index contributed by atoms with van der Waals surface area (Å²) < 4.78 is 10.4. The molecule has 0 aliphatic rings. The lowest BCUT2D eigenvalue weighted by atomic mass is 10.4. The molecule has 0 atom stereocenters. The molecule has 17 heavy (non-hydrogen) atoms. The normalized spacial score (nSPS) is 10.6. The van der Waals surface area contributed by atoms with Crippen LogP contribution in [0, 0.1) is 10.1 Å². The van der Waals surface area contributed by atoms with Crippen molar-refractivity contribution in [1.29, 1.82) is 0 Å². The molecule has 0 saturated heterocycles. The van der Waals surface area contributed by atoms with Crippen LogP contribution in [0.1, 0.15) is 5.82 Å². The molecule has 0 radical (unpaired) electrons. The number of nitro groups is 1. The molecule has 2 aromatic heterocycles. The quantitative estimate of drug-likeness (QED) is 0.579. The van der Waals surface area contributed by atoms with E-state index in [1.54, 1.807) is 7.11 Å². The number of hydrogen-bond donors (Lipinski definition) is 0. The first-order valence-corrected chi connectivity index (χ1v) is 5.49. The Morgan fingerprint density at radius 1 is 1.65 bits per heavy atom. The zero-order valence-electron chi connectivity index (χ0n) is 8.94. The molecule has 8 nitrogen and oxygen atoms in total. The van der Waals surface area contributed by atoms with Gasteiger partial charge in [-0.15, -0.1) is 0 Å². The van der Waals surface area contributed by atoms with Gasteiger partial charge in [0.15, 0.2) is 0 Å². The van der Waals surface area contributed by atoms with Gasteiger partial charge in [0.25, 0.3) is 0 Å². The molecule has 0 N–H and O–H groups in total. The molecular formula is C8H9N5O3S. The second-order valence-electron chi connectivity index (χ2n) is 3.14. The molecular weight excluding hydrogens is 246 g/mol. The lowest BCUT2D eigenvalue weighted by molar-refractivity contribution is -0.384. The third-order valence-corrected chi connectivity index (χ3v) is 2.71. The number of ether oxygens (including phenoxy) is 1.